The highest BCUT2D eigenvalue weighted by Crippen LogP contribution is 2.22. The van der Waals surface area contributed by atoms with Crippen LogP contribution >= 0.6 is 15.9 Å². The molecule has 0 radical (unpaired) electrons. The Hall–Kier alpha value is -1.01. The van der Waals surface area contributed by atoms with Gasteiger partial charge in [0.1, 0.15) is 6.10 Å². The highest BCUT2D eigenvalue weighted by molar-refractivity contribution is 9.10. The van der Waals surface area contributed by atoms with Gasteiger partial charge in [0.05, 0.1) is 0 Å². The van der Waals surface area contributed by atoms with Crippen LogP contribution in [0.4, 0.5) is 0 Å². The molecule has 0 aliphatic heterocycles. The van der Waals surface area contributed by atoms with E-state index in [1.807, 2.05) is 13.8 Å². The number of hydrogen-bond donors (Lipinski definition) is 1. The van der Waals surface area contributed by atoms with Crippen molar-refractivity contribution in [1.29, 1.82) is 0 Å². The summed E-state index contributed by atoms with van der Waals surface area (Å²) < 4.78 is 2.36. The lowest BCUT2D eigenvalue weighted by molar-refractivity contribution is 0.116. The zero-order chi connectivity index (χ0) is 11.0. The third-order valence-corrected chi connectivity index (χ3v) is 2.77. The van der Waals surface area contributed by atoms with Crippen LogP contribution in [0, 0.1) is 5.92 Å². The van der Waals surface area contributed by atoms with Crippen LogP contribution in [0.25, 0.3) is 5.65 Å². The standard InChI is InChI=1S/C9H11BrN4O/c1-5(2)6(15)8-12-13-9-7(10)11-3-4-14(8)9/h3-6,15H,1-2H3/t6-/m0/s1. The fraction of sp³-hybridized carbons (Fsp3) is 0.444. The number of rotatable bonds is 2. The number of aliphatic hydroxyl groups is 1. The average Bonchev–Trinajstić information content (AvgIpc) is 2.61. The first kappa shape index (κ1) is 10.5. The van der Waals surface area contributed by atoms with Crippen LogP contribution in [0.1, 0.15) is 25.8 Å². The van der Waals surface area contributed by atoms with Crippen LogP contribution in [0.15, 0.2) is 17.0 Å². The maximum atomic E-state index is 9.92. The summed E-state index contributed by atoms with van der Waals surface area (Å²) >= 11 is 3.28. The number of nitrogens with zero attached hydrogens (tertiary/aromatic N) is 4. The average molecular weight is 271 g/mol. The molecule has 0 fully saturated rings. The largest absolute Gasteiger partial charge is 0.385 e. The van der Waals surface area contributed by atoms with Gasteiger partial charge in [-0.25, -0.2) is 4.98 Å². The van der Waals surface area contributed by atoms with E-state index >= 15 is 0 Å². The molecule has 0 amide bonds. The zero-order valence-electron chi connectivity index (χ0n) is 8.42. The van der Waals surface area contributed by atoms with Crippen LogP contribution in [-0.4, -0.2) is 24.7 Å². The Morgan fingerprint density at radius 3 is 2.80 bits per heavy atom. The molecule has 6 heteroatoms. The van der Waals surface area contributed by atoms with Crippen molar-refractivity contribution in [2.24, 2.45) is 5.92 Å². The van der Waals surface area contributed by atoms with Crippen molar-refractivity contribution < 1.29 is 5.11 Å². The molecule has 80 valence electrons. The van der Waals surface area contributed by atoms with E-state index in [-0.39, 0.29) is 5.92 Å². The summed E-state index contributed by atoms with van der Waals surface area (Å²) in [7, 11) is 0. The van der Waals surface area contributed by atoms with Crippen molar-refractivity contribution in [3.05, 3.63) is 22.8 Å². The van der Waals surface area contributed by atoms with E-state index in [4.69, 9.17) is 0 Å². The summed E-state index contributed by atoms with van der Waals surface area (Å²) in [4.78, 5) is 4.04. The molecular formula is C9H11BrN4O. The molecule has 2 aromatic heterocycles. The van der Waals surface area contributed by atoms with Gasteiger partial charge in [0.15, 0.2) is 16.1 Å². The quantitative estimate of drug-likeness (QED) is 0.900. The van der Waals surface area contributed by atoms with Crippen molar-refractivity contribution in [2.45, 2.75) is 20.0 Å². The molecule has 1 atom stereocenters. The maximum Gasteiger partial charge on any atom is 0.194 e. The molecule has 15 heavy (non-hydrogen) atoms. The van der Waals surface area contributed by atoms with Gasteiger partial charge in [0.25, 0.3) is 0 Å². The first-order valence-electron chi connectivity index (χ1n) is 4.64. The third-order valence-electron chi connectivity index (χ3n) is 2.21. The van der Waals surface area contributed by atoms with Crippen LogP contribution in [0.5, 0.6) is 0 Å². The predicted octanol–water partition coefficient (Wildman–Crippen LogP) is 1.58. The zero-order valence-corrected chi connectivity index (χ0v) is 10.0. The Morgan fingerprint density at radius 2 is 2.13 bits per heavy atom. The SMILES string of the molecule is CC(C)[C@H](O)c1nnc2c(Br)nccn12. The van der Waals surface area contributed by atoms with Gasteiger partial charge in [0.2, 0.25) is 0 Å². The molecule has 1 N–H and O–H groups in total. The summed E-state index contributed by atoms with van der Waals surface area (Å²) in [5.74, 6) is 0.646. The van der Waals surface area contributed by atoms with Gasteiger partial charge in [-0.2, -0.15) is 0 Å². The van der Waals surface area contributed by atoms with E-state index in [0.717, 1.165) is 0 Å². The molecule has 0 unspecified atom stereocenters. The smallest absolute Gasteiger partial charge is 0.194 e. The second kappa shape index (κ2) is 3.86. The molecule has 0 aliphatic rings. The van der Waals surface area contributed by atoms with E-state index in [1.54, 1.807) is 16.8 Å². The van der Waals surface area contributed by atoms with Crippen LogP contribution < -0.4 is 0 Å². The molecule has 2 aromatic rings. The molecule has 0 saturated carbocycles. The maximum absolute atomic E-state index is 9.92. The summed E-state index contributed by atoms with van der Waals surface area (Å²) in [6, 6.07) is 0. The van der Waals surface area contributed by atoms with Crippen LogP contribution in [-0.2, 0) is 0 Å². The number of aromatic nitrogens is 4. The Morgan fingerprint density at radius 1 is 1.40 bits per heavy atom. The van der Waals surface area contributed by atoms with Gasteiger partial charge >= 0.3 is 0 Å². The summed E-state index contributed by atoms with van der Waals surface area (Å²) in [5.41, 5.74) is 0.618. The highest BCUT2D eigenvalue weighted by Gasteiger charge is 2.19. The van der Waals surface area contributed by atoms with E-state index in [1.165, 1.54) is 0 Å². The van der Waals surface area contributed by atoms with Gasteiger partial charge in [-0.3, -0.25) is 4.40 Å². The molecule has 2 heterocycles. The topological polar surface area (TPSA) is 63.3 Å². The fourth-order valence-electron chi connectivity index (χ4n) is 1.31. The monoisotopic (exact) mass is 270 g/mol. The van der Waals surface area contributed by atoms with Gasteiger partial charge in [-0.05, 0) is 21.8 Å². The molecule has 0 aliphatic carbocycles. The summed E-state index contributed by atoms with van der Waals surface area (Å²) in [5, 5.41) is 17.9. The summed E-state index contributed by atoms with van der Waals surface area (Å²) in [6.07, 6.45) is 2.76. The highest BCUT2D eigenvalue weighted by atomic mass is 79.9. The van der Waals surface area contributed by atoms with Gasteiger partial charge in [-0.15, -0.1) is 10.2 Å². The second-order valence-electron chi connectivity index (χ2n) is 3.66. The molecule has 0 saturated heterocycles. The summed E-state index contributed by atoms with van der Waals surface area (Å²) in [6.45, 7) is 3.87. The Kier molecular flexibility index (Phi) is 2.70. The van der Waals surface area contributed by atoms with Crippen molar-refractivity contribution in [1.82, 2.24) is 19.6 Å². The van der Waals surface area contributed by atoms with Crippen molar-refractivity contribution >= 4 is 21.6 Å². The lowest BCUT2D eigenvalue weighted by atomic mass is 10.1. The van der Waals surface area contributed by atoms with Gasteiger partial charge in [-0.1, -0.05) is 13.8 Å². The van der Waals surface area contributed by atoms with Crippen molar-refractivity contribution in [3.63, 3.8) is 0 Å². The first-order valence-corrected chi connectivity index (χ1v) is 5.43. The van der Waals surface area contributed by atoms with Gasteiger partial charge in [0, 0.05) is 12.4 Å². The van der Waals surface area contributed by atoms with E-state index in [2.05, 4.69) is 31.1 Å². The lowest BCUT2D eigenvalue weighted by Crippen LogP contribution is -2.09. The Labute approximate surface area is 95.3 Å². The minimum atomic E-state index is -0.616. The number of fused-ring (bicyclic) bond motifs is 1. The van der Waals surface area contributed by atoms with Crippen LogP contribution in [0.3, 0.4) is 0 Å². The molecule has 0 aromatic carbocycles. The van der Waals surface area contributed by atoms with Gasteiger partial charge < -0.3 is 5.11 Å². The van der Waals surface area contributed by atoms with Crippen molar-refractivity contribution in [2.75, 3.05) is 0 Å². The minimum absolute atomic E-state index is 0.101. The number of hydrogen-bond acceptors (Lipinski definition) is 4. The number of halogens is 1. The second-order valence-corrected chi connectivity index (χ2v) is 4.41. The van der Waals surface area contributed by atoms with E-state index in [9.17, 15) is 5.11 Å². The van der Waals surface area contributed by atoms with E-state index < -0.39 is 6.10 Å². The van der Waals surface area contributed by atoms with E-state index in [0.29, 0.717) is 16.1 Å². The molecule has 5 nitrogen and oxygen atoms in total. The first-order chi connectivity index (χ1) is 7.11. The normalized spacial score (nSPS) is 13.7. The minimum Gasteiger partial charge on any atom is -0.385 e. The Bertz CT molecular complexity index is 482. The molecule has 2 rings (SSSR count). The number of aliphatic hydroxyl groups excluding tert-OH is 1. The Balaban J connectivity index is 2.59. The molecule has 0 bridgehead atoms. The van der Waals surface area contributed by atoms with Crippen molar-refractivity contribution in [3.8, 4) is 0 Å². The predicted molar refractivity (Wildman–Crippen MR) is 58.3 cm³/mol. The third kappa shape index (κ3) is 1.74. The fourth-order valence-corrected chi connectivity index (χ4v) is 1.70. The lowest BCUT2D eigenvalue weighted by Gasteiger charge is -2.11. The molecular weight excluding hydrogens is 260 g/mol. The van der Waals surface area contributed by atoms with Crippen LogP contribution in [0.2, 0.25) is 0 Å². The molecule has 0 spiro atoms.